The minimum atomic E-state index is -1.23. The third-order valence-electron chi connectivity index (χ3n) is 3.87. The highest BCUT2D eigenvalue weighted by molar-refractivity contribution is 6.22. The highest BCUT2D eigenvalue weighted by Gasteiger charge is 2.53. The lowest BCUT2D eigenvalue weighted by atomic mass is 9.92. The summed E-state index contributed by atoms with van der Waals surface area (Å²) in [7, 11) is 0. The van der Waals surface area contributed by atoms with Crippen molar-refractivity contribution in [3.8, 4) is 0 Å². The molecular formula is C12H19N3O3. The molecule has 2 aliphatic heterocycles. The number of imide groups is 2. The van der Waals surface area contributed by atoms with Gasteiger partial charge in [0.05, 0.1) is 0 Å². The Balaban J connectivity index is 2.30. The lowest BCUT2D eigenvalue weighted by molar-refractivity contribution is -0.154. The van der Waals surface area contributed by atoms with E-state index in [2.05, 4.69) is 5.32 Å². The Kier molecular flexibility index (Phi) is 3.38. The molecule has 4 amide bonds. The van der Waals surface area contributed by atoms with Crippen molar-refractivity contribution >= 4 is 17.8 Å². The highest BCUT2D eigenvalue weighted by Crippen LogP contribution is 2.26. The van der Waals surface area contributed by atoms with Crippen molar-refractivity contribution in [2.45, 2.75) is 38.6 Å². The number of rotatable bonds is 2. The van der Waals surface area contributed by atoms with Gasteiger partial charge in [0.25, 0.3) is 11.8 Å². The number of amides is 4. The molecule has 6 heteroatoms. The van der Waals surface area contributed by atoms with Crippen LogP contribution in [0.2, 0.25) is 0 Å². The van der Waals surface area contributed by atoms with Crippen molar-refractivity contribution in [1.29, 1.82) is 0 Å². The summed E-state index contributed by atoms with van der Waals surface area (Å²) in [5.41, 5.74) is -1.23. The molecule has 2 saturated heterocycles. The van der Waals surface area contributed by atoms with Crippen LogP contribution in [0.3, 0.4) is 0 Å². The molecule has 0 aromatic carbocycles. The maximum Gasteiger partial charge on any atom is 0.330 e. The topological polar surface area (TPSA) is 69.7 Å². The zero-order chi connectivity index (χ0) is 13.3. The van der Waals surface area contributed by atoms with Gasteiger partial charge in [0, 0.05) is 6.54 Å². The van der Waals surface area contributed by atoms with Gasteiger partial charge in [-0.1, -0.05) is 6.42 Å². The van der Waals surface area contributed by atoms with Crippen LogP contribution < -0.4 is 5.32 Å². The molecule has 100 valence electrons. The van der Waals surface area contributed by atoms with Gasteiger partial charge in [-0.25, -0.2) is 4.79 Å². The summed E-state index contributed by atoms with van der Waals surface area (Å²) in [6.45, 7) is 5.07. The van der Waals surface area contributed by atoms with E-state index in [0.717, 1.165) is 37.3 Å². The van der Waals surface area contributed by atoms with Crippen LogP contribution in [0.15, 0.2) is 0 Å². The zero-order valence-corrected chi connectivity index (χ0v) is 10.9. The van der Waals surface area contributed by atoms with Crippen LogP contribution in [-0.4, -0.2) is 52.8 Å². The van der Waals surface area contributed by atoms with Crippen molar-refractivity contribution in [3.63, 3.8) is 0 Å². The predicted molar refractivity (Wildman–Crippen MR) is 64.8 cm³/mol. The van der Waals surface area contributed by atoms with Crippen LogP contribution in [0, 0.1) is 0 Å². The van der Waals surface area contributed by atoms with Gasteiger partial charge in [0.1, 0.15) is 0 Å². The Morgan fingerprint density at radius 1 is 1.17 bits per heavy atom. The molecule has 6 nitrogen and oxygen atoms in total. The molecule has 2 heterocycles. The van der Waals surface area contributed by atoms with Crippen molar-refractivity contribution < 1.29 is 14.4 Å². The lowest BCUT2D eigenvalue weighted by Gasteiger charge is -2.45. The average Bonchev–Trinajstić information content (AvgIpc) is 2.38. The van der Waals surface area contributed by atoms with Crippen LogP contribution >= 0.6 is 0 Å². The van der Waals surface area contributed by atoms with Gasteiger partial charge in [-0.3, -0.25) is 24.7 Å². The first-order valence-corrected chi connectivity index (χ1v) is 6.44. The van der Waals surface area contributed by atoms with E-state index in [1.54, 1.807) is 13.8 Å². The Bertz CT molecular complexity index is 390. The lowest BCUT2D eigenvalue weighted by Crippen LogP contribution is -2.73. The maximum atomic E-state index is 12.4. The highest BCUT2D eigenvalue weighted by atomic mass is 16.2. The fourth-order valence-corrected chi connectivity index (χ4v) is 2.65. The molecule has 1 N–H and O–H groups in total. The van der Waals surface area contributed by atoms with Crippen LogP contribution in [0.1, 0.15) is 33.1 Å². The van der Waals surface area contributed by atoms with Crippen LogP contribution in [-0.2, 0) is 9.59 Å². The van der Waals surface area contributed by atoms with E-state index in [0.29, 0.717) is 0 Å². The quantitative estimate of drug-likeness (QED) is 0.720. The summed E-state index contributed by atoms with van der Waals surface area (Å²) >= 11 is 0. The Labute approximate surface area is 106 Å². The van der Waals surface area contributed by atoms with E-state index >= 15 is 0 Å². The Morgan fingerprint density at radius 3 is 2.33 bits per heavy atom. The Hall–Kier alpha value is -1.43. The fraction of sp³-hybridized carbons (Fsp3) is 0.750. The molecule has 0 spiro atoms. The fourth-order valence-electron chi connectivity index (χ4n) is 2.65. The first-order chi connectivity index (χ1) is 8.51. The third kappa shape index (κ3) is 1.80. The molecule has 0 radical (unpaired) electrons. The van der Waals surface area contributed by atoms with E-state index in [1.807, 2.05) is 4.90 Å². The number of hydrogen-bond acceptors (Lipinski definition) is 4. The number of nitrogens with zero attached hydrogens (tertiary/aromatic N) is 2. The number of urea groups is 1. The molecule has 0 saturated carbocycles. The van der Waals surface area contributed by atoms with Gasteiger partial charge in [0.15, 0.2) is 5.54 Å². The molecule has 18 heavy (non-hydrogen) atoms. The molecule has 0 bridgehead atoms. The van der Waals surface area contributed by atoms with E-state index in [-0.39, 0.29) is 6.54 Å². The molecule has 2 fully saturated rings. The van der Waals surface area contributed by atoms with Gasteiger partial charge in [-0.05, 0) is 39.8 Å². The molecule has 1 atom stereocenters. The Morgan fingerprint density at radius 2 is 1.78 bits per heavy atom. The van der Waals surface area contributed by atoms with Crippen LogP contribution in [0.25, 0.3) is 0 Å². The second-order valence-corrected chi connectivity index (χ2v) is 4.93. The zero-order valence-electron chi connectivity index (χ0n) is 10.9. The van der Waals surface area contributed by atoms with E-state index in [1.165, 1.54) is 0 Å². The minimum absolute atomic E-state index is 0.279. The van der Waals surface area contributed by atoms with Gasteiger partial charge in [-0.2, -0.15) is 0 Å². The number of carbonyl (C=O) groups excluding carboxylic acids is 3. The largest absolute Gasteiger partial charge is 0.330 e. The van der Waals surface area contributed by atoms with Crippen molar-refractivity contribution in [2.24, 2.45) is 0 Å². The number of barbiturate groups is 1. The van der Waals surface area contributed by atoms with Crippen molar-refractivity contribution in [1.82, 2.24) is 15.1 Å². The minimum Gasteiger partial charge on any atom is -0.282 e. The molecule has 0 aromatic heterocycles. The second-order valence-electron chi connectivity index (χ2n) is 4.93. The molecular weight excluding hydrogens is 234 g/mol. The van der Waals surface area contributed by atoms with Crippen LogP contribution in [0.5, 0.6) is 0 Å². The SMILES string of the molecule is CCN1C(=O)NC(=O)[C@](C)(N2CCCCC2)C1=O. The number of likely N-dealkylation sites (tertiary alicyclic amines) is 1. The monoisotopic (exact) mass is 253 g/mol. The van der Waals surface area contributed by atoms with Gasteiger partial charge < -0.3 is 0 Å². The summed E-state index contributed by atoms with van der Waals surface area (Å²) in [6, 6.07) is -0.609. The number of hydrogen-bond donors (Lipinski definition) is 1. The first-order valence-electron chi connectivity index (χ1n) is 6.44. The second kappa shape index (κ2) is 4.68. The van der Waals surface area contributed by atoms with Gasteiger partial charge >= 0.3 is 6.03 Å². The maximum absolute atomic E-state index is 12.4. The van der Waals surface area contributed by atoms with E-state index in [4.69, 9.17) is 0 Å². The van der Waals surface area contributed by atoms with Crippen molar-refractivity contribution in [2.75, 3.05) is 19.6 Å². The molecule has 2 rings (SSSR count). The van der Waals surface area contributed by atoms with E-state index < -0.39 is 23.4 Å². The molecule has 2 aliphatic rings. The normalized spacial score (nSPS) is 30.6. The summed E-state index contributed by atoms with van der Waals surface area (Å²) in [4.78, 5) is 39.0. The summed E-state index contributed by atoms with van der Waals surface area (Å²) in [5.74, 6) is -0.898. The van der Waals surface area contributed by atoms with Gasteiger partial charge in [-0.15, -0.1) is 0 Å². The number of likely N-dealkylation sites (N-methyl/N-ethyl adjacent to an activating group) is 1. The van der Waals surface area contributed by atoms with Gasteiger partial charge in [0.2, 0.25) is 0 Å². The predicted octanol–water partition coefficient (Wildman–Crippen LogP) is 0.329. The summed E-state index contributed by atoms with van der Waals surface area (Å²) in [5, 5.41) is 2.28. The molecule has 0 aliphatic carbocycles. The summed E-state index contributed by atoms with van der Waals surface area (Å²) in [6.07, 6.45) is 3.09. The number of carbonyl (C=O) groups is 3. The first kappa shape index (κ1) is 13.0. The average molecular weight is 253 g/mol. The molecule has 0 aromatic rings. The number of nitrogens with one attached hydrogen (secondary N) is 1. The van der Waals surface area contributed by atoms with Crippen LogP contribution in [0.4, 0.5) is 4.79 Å². The van der Waals surface area contributed by atoms with E-state index in [9.17, 15) is 14.4 Å². The smallest absolute Gasteiger partial charge is 0.282 e. The molecule has 0 unspecified atom stereocenters. The third-order valence-corrected chi connectivity index (χ3v) is 3.87. The summed E-state index contributed by atoms with van der Waals surface area (Å²) < 4.78 is 0. The van der Waals surface area contributed by atoms with Crippen molar-refractivity contribution in [3.05, 3.63) is 0 Å². The number of piperidine rings is 1. The standard InChI is InChI=1S/C12H19N3O3/c1-3-15-10(17)12(2,9(16)13-11(15)18)14-7-5-4-6-8-14/h3-8H2,1-2H3,(H,13,16,18)/t12-/m0/s1.